The van der Waals surface area contributed by atoms with Crippen LogP contribution in [0.2, 0.25) is 0 Å². The van der Waals surface area contributed by atoms with Crippen molar-refractivity contribution in [2.75, 3.05) is 18.9 Å². The summed E-state index contributed by atoms with van der Waals surface area (Å²) < 4.78 is 10.2. The molecule has 2 heterocycles. The molecule has 2 rings (SSSR count). The van der Waals surface area contributed by atoms with E-state index in [1.165, 1.54) is 6.07 Å². The van der Waals surface area contributed by atoms with Crippen molar-refractivity contribution in [2.45, 2.75) is 13.8 Å². The Kier molecular flexibility index (Phi) is 3.92. The first-order valence-electron chi connectivity index (χ1n) is 6.25. The number of hydrogen-bond acceptors (Lipinski definition) is 7. The number of ether oxygens (including phenoxy) is 2. The van der Waals surface area contributed by atoms with Gasteiger partial charge < -0.3 is 15.2 Å². The van der Waals surface area contributed by atoms with Crippen molar-refractivity contribution in [3.63, 3.8) is 0 Å². The van der Waals surface area contributed by atoms with E-state index in [1.807, 2.05) is 0 Å². The third kappa shape index (κ3) is 2.57. The van der Waals surface area contributed by atoms with Crippen LogP contribution >= 0.6 is 0 Å². The van der Waals surface area contributed by atoms with Gasteiger partial charge in [0, 0.05) is 0 Å². The van der Waals surface area contributed by atoms with E-state index >= 15 is 0 Å². The van der Waals surface area contributed by atoms with Crippen molar-refractivity contribution in [3.05, 3.63) is 22.0 Å². The van der Waals surface area contributed by atoms with Gasteiger partial charge in [-0.25, -0.2) is 14.6 Å². The SMILES string of the molecule is CCOC(=O)c1cc2c(=O)n(C(=O)OCC)[nH]c2nc1N. The number of carbonyl (C=O) groups is 2. The summed E-state index contributed by atoms with van der Waals surface area (Å²) in [6, 6.07) is 1.24. The highest BCUT2D eigenvalue weighted by Crippen LogP contribution is 2.15. The molecule has 2 aromatic rings. The zero-order valence-corrected chi connectivity index (χ0v) is 11.5. The number of nitrogens with zero attached hydrogens (tertiary/aromatic N) is 2. The fourth-order valence-electron chi connectivity index (χ4n) is 1.74. The Balaban J connectivity index is 2.57. The average Bonchev–Trinajstić information content (AvgIpc) is 2.75. The zero-order chi connectivity index (χ0) is 15.6. The van der Waals surface area contributed by atoms with Crippen molar-refractivity contribution in [1.29, 1.82) is 0 Å². The van der Waals surface area contributed by atoms with Gasteiger partial charge in [0.25, 0.3) is 5.56 Å². The Morgan fingerprint density at radius 2 is 2.00 bits per heavy atom. The number of H-pyrrole nitrogens is 1. The van der Waals surface area contributed by atoms with Crippen molar-refractivity contribution in [2.24, 2.45) is 0 Å². The normalized spacial score (nSPS) is 10.6. The topological polar surface area (TPSA) is 129 Å². The van der Waals surface area contributed by atoms with Crippen LogP contribution in [0, 0.1) is 0 Å². The van der Waals surface area contributed by atoms with Gasteiger partial charge in [0.15, 0.2) is 5.65 Å². The van der Waals surface area contributed by atoms with Crippen LogP contribution in [0.5, 0.6) is 0 Å². The van der Waals surface area contributed by atoms with E-state index in [0.717, 1.165) is 0 Å². The van der Waals surface area contributed by atoms with Crippen molar-refractivity contribution in [1.82, 2.24) is 14.8 Å². The molecule has 0 amide bonds. The number of carbonyl (C=O) groups excluding carboxylic acids is 2. The first-order chi connectivity index (χ1) is 9.99. The van der Waals surface area contributed by atoms with Crippen LogP contribution in [0.15, 0.2) is 10.9 Å². The molecule has 21 heavy (non-hydrogen) atoms. The van der Waals surface area contributed by atoms with E-state index in [4.69, 9.17) is 15.2 Å². The second-order valence-electron chi connectivity index (χ2n) is 3.99. The maximum Gasteiger partial charge on any atom is 0.436 e. The highest BCUT2D eigenvalue weighted by atomic mass is 16.6. The Bertz CT molecular complexity index is 761. The summed E-state index contributed by atoms with van der Waals surface area (Å²) in [7, 11) is 0. The lowest BCUT2D eigenvalue weighted by Crippen LogP contribution is -2.25. The maximum absolute atomic E-state index is 12.1. The highest BCUT2D eigenvalue weighted by molar-refractivity contribution is 5.98. The van der Waals surface area contributed by atoms with Crippen LogP contribution in [0.4, 0.5) is 10.6 Å². The Morgan fingerprint density at radius 3 is 2.62 bits per heavy atom. The lowest BCUT2D eigenvalue weighted by molar-refractivity contribution is 0.0527. The Morgan fingerprint density at radius 1 is 1.33 bits per heavy atom. The lowest BCUT2D eigenvalue weighted by Gasteiger charge is -2.03. The fraction of sp³-hybridized carbons (Fsp3) is 0.333. The molecule has 0 aromatic carbocycles. The van der Waals surface area contributed by atoms with Gasteiger partial charge in [0.05, 0.1) is 18.6 Å². The van der Waals surface area contributed by atoms with E-state index in [9.17, 15) is 14.4 Å². The van der Waals surface area contributed by atoms with Crippen LogP contribution in [-0.4, -0.2) is 40.0 Å². The molecule has 0 aliphatic carbocycles. The summed E-state index contributed by atoms with van der Waals surface area (Å²) in [5, 5.41) is 2.52. The predicted octanol–water partition coefficient (Wildman–Crippen LogP) is 0.488. The van der Waals surface area contributed by atoms with Gasteiger partial charge in [0.1, 0.15) is 11.4 Å². The minimum atomic E-state index is -0.864. The first kappa shape index (κ1) is 14.6. The third-order valence-corrected chi connectivity index (χ3v) is 2.65. The van der Waals surface area contributed by atoms with Crippen molar-refractivity contribution >= 4 is 28.9 Å². The van der Waals surface area contributed by atoms with E-state index in [-0.39, 0.29) is 35.6 Å². The van der Waals surface area contributed by atoms with E-state index < -0.39 is 17.6 Å². The van der Waals surface area contributed by atoms with Gasteiger partial charge in [-0.15, -0.1) is 4.68 Å². The molecule has 0 fully saturated rings. The standard InChI is InChI=1S/C12H14N4O5/c1-3-20-11(18)6-5-7-9(14-8(6)13)15-16(10(7)17)12(19)21-4-2/h5H,3-4H2,1-2H3,(H3,13,14,15). The van der Waals surface area contributed by atoms with Crippen LogP contribution < -0.4 is 11.3 Å². The summed E-state index contributed by atoms with van der Waals surface area (Å²) in [5.41, 5.74) is 5.02. The zero-order valence-electron chi connectivity index (χ0n) is 11.5. The summed E-state index contributed by atoms with van der Waals surface area (Å²) >= 11 is 0. The summed E-state index contributed by atoms with van der Waals surface area (Å²) in [6.45, 7) is 3.53. The molecule has 0 saturated carbocycles. The molecule has 0 aliphatic heterocycles. The second-order valence-corrected chi connectivity index (χ2v) is 3.99. The number of nitrogens with two attached hydrogens (primary N) is 1. The average molecular weight is 294 g/mol. The summed E-state index contributed by atoms with van der Waals surface area (Å²) in [4.78, 5) is 39.3. The van der Waals surface area contributed by atoms with Crippen molar-refractivity contribution < 1.29 is 19.1 Å². The summed E-state index contributed by atoms with van der Waals surface area (Å²) in [5.74, 6) is -0.786. The lowest BCUT2D eigenvalue weighted by atomic mass is 10.2. The highest BCUT2D eigenvalue weighted by Gasteiger charge is 2.19. The molecule has 0 bridgehead atoms. The molecule has 0 aliphatic rings. The number of nitrogens with one attached hydrogen (secondary N) is 1. The molecule has 9 nitrogen and oxygen atoms in total. The number of aromatic amines is 1. The number of nitrogen functional groups attached to an aromatic ring is 1. The van der Waals surface area contributed by atoms with Gasteiger partial charge in [-0.1, -0.05) is 0 Å². The smallest absolute Gasteiger partial charge is 0.436 e. The molecular formula is C12H14N4O5. The van der Waals surface area contributed by atoms with Crippen LogP contribution in [0.25, 0.3) is 11.0 Å². The van der Waals surface area contributed by atoms with Gasteiger partial charge in [-0.2, -0.15) is 0 Å². The number of hydrogen-bond donors (Lipinski definition) is 2. The van der Waals surface area contributed by atoms with Crippen LogP contribution in [0.1, 0.15) is 24.2 Å². The largest absolute Gasteiger partial charge is 0.462 e. The van der Waals surface area contributed by atoms with Crippen LogP contribution in [-0.2, 0) is 9.47 Å². The maximum atomic E-state index is 12.1. The molecule has 0 spiro atoms. The van der Waals surface area contributed by atoms with Crippen molar-refractivity contribution in [3.8, 4) is 0 Å². The molecule has 9 heteroatoms. The number of anilines is 1. The fourth-order valence-corrected chi connectivity index (χ4v) is 1.74. The molecule has 2 aromatic heterocycles. The number of fused-ring (bicyclic) bond motifs is 1. The van der Waals surface area contributed by atoms with E-state index in [1.54, 1.807) is 13.8 Å². The number of aromatic nitrogens is 3. The first-order valence-corrected chi connectivity index (χ1v) is 6.25. The predicted molar refractivity (Wildman–Crippen MR) is 73.1 cm³/mol. The Hall–Kier alpha value is -2.84. The number of rotatable bonds is 3. The molecule has 3 N–H and O–H groups in total. The van der Waals surface area contributed by atoms with Crippen LogP contribution in [0.3, 0.4) is 0 Å². The van der Waals surface area contributed by atoms with Gasteiger partial charge in [0.2, 0.25) is 0 Å². The van der Waals surface area contributed by atoms with Gasteiger partial charge in [-0.3, -0.25) is 9.89 Å². The minimum absolute atomic E-state index is 0.0311. The Labute approximate surface area is 118 Å². The quantitative estimate of drug-likeness (QED) is 0.788. The molecule has 0 radical (unpaired) electrons. The molecule has 0 unspecified atom stereocenters. The number of pyridine rings is 1. The summed E-state index contributed by atoms with van der Waals surface area (Å²) in [6.07, 6.45) is -0.864. The number of esters is 1. The third-order valence-electron chi connectivity index (χ3n) is 2.65. The molecule has 0 saturated heterocycles. The van der Waals surface area contributed by atoms with E-state index in [0.29, 0.717) is 4.68 Å². The molecular weight excluding hydrogens is 280 g/mol. The second kappa shape index (κ2) is 5.65. The monoisotopic (exact) mass is 294 g/mol. The van der Waals surface area contributed by atoms with E-state index in [2.05, 4.69) is 10.1 Å². The minimum Gasteiger partial charge on any atom is -0.462 e. The molecule has 0 atom stereocenters. The van der Waals surface area contributed by atoms with Gasteiger partial charge >= 0.3 is 12.1 Å². The molecule has 112 valence electrons. The van der Waals surface area contributed by atoms with Gasteiger partial charge in [-0.05, 0) is 19.9 Å².